The first kappa shape index (κ1) is 27.2. The Balaban J connectivity index is 0.000000937. The Hall–Kier alpha value is -2.42. The number of alkyl halides is 3. The highest BCUT2D eigenvalue weighted by molar-refractivity contribution is 5.82. The van der Waals surface area contributed by atoms with E-state index < -0.39 is 28.9 Å². The number of allylic oxidation sites excluding steroid dienone is 3. The van der Waals surface area contributed by atoms with Crippen LogP contribution in [0, 0.1) is 24.2 Å². The predicted molar refractivity (Wildman–Crippen MR) is 141 cm³/mol. The van der Waals surface area contributed by atoms with Crippen LogP contribution in [0.15, 0.2) is 51.5 Å². The van der Waals surface area contributed by atoms with Gasteiger partial charge in [0.25, 0.3) is 0 Å². The third kappa shape index (κ3) is 4.44. The Morgan fingerprint density at radius 2 is 1.89 bits per heavy atom. The molecule has 1 aromatic carbocycles. The molecule has 5 atom stereocenters. The molecule has 0 spiro atoms. The fourth-order valence-corrected chi connectivity index (χ4v) is 7.41. The van der Waals surface area contributed by atoms with Crippen LogP contribution in [0.1, 0.15) is 63.3 Å². The number of rotatable bonds is 1. The molecular weight excluding hydrogens is 493 g/mol. The smallest absolute Gasteiger partial charge is 0.413 e. The number of halogens is 3. The number of benzene rings is 1. The van der Waals surface area contributed by atoms with Crippen LogP contribution >= 0.6 is 0 Å². The van der Waals surface area contributed by atoms with Gasteiger partial charge in [0.05, 0.1) is 11.7 Å². The number of hydrogen-bond acceptors (Lipinski definition) is 5. The van der Waals surface area contributed by atoms with Crippen molar-refractivity contribution in [3.05, 3.63) is 58.5 Å². The lowest BCUT2D eigenvalue weighted by Gasteiger charge is -2.50. The lowest BCUT2D eigenvalue weighted by atomic mass is 9.56. The van der Waals surface area contributed by atoms with Crippen molar-refractivity contribution in [3.63, 3.8) is 0 Å². The van der Waals surface area contributed by atoms with E-state index in [0.29, 0.717) is 49.1 Å². The number of nitrogens with zero attached hydrogens (tertiary/aromatic N) is 1. The van der Waals surface area contributed by atoms with Crippen molar-refractivity contribution in [3.8, 4) is 0 Å². The third-order valence-electron chi connectivity index (χ3n) is 9.05. The second-order valence-electron chi connectivity index (χ2n) is 11.6. The van der Waals surface area contributed by atoms with Crippen molar-refractivity contribution >= 4 is 16.7 Å². The second-order valence-corrected chi connectivity index (χ2v) is 11.6. The minimum absolute atomic E-state index is 0.0382. The van der Waals surface area contributed by atoms with E-state index in [9.17, 15) is 23.4 Å². The molecule has 2 aromatic rings. The van der Waals surface area contributed by atoms with E-state index in [-0.39, 0.29) is 23.8 Å². The molecule has 4 aliphatic rings. The van der Waals surface area contributed by atoms with Crippen LogP contribution in [0.3, 0.4) is 0 Å². The van der Waals surface area contributed by atoms with Gasteiger partial charge < -0.3 is 19.9 Å². The zero-order valence-electron chi connectivity index (χ0n) is 22.5. The summed E-state index contributed by atoms with van der Waals surface area (Å²) in [7, 11) is 3.75. The third-order valence-corrected chi connectivity index (χ3v) is 9.05. The van der Waals surface area contributed by atoms with Gasteiger partial charge in [0.2, 0.25) is 0 Å². The molecular formula is C30H37F3N2O3. The van der Waals surface area contributed by atoms with Gasteiger partial charge in [-0.25, -0.2) is 4.98 Å². The fourth-order valence-electron chi connectivity index (χ4n) is 7.41. The van der Waals surface area contributed by atoms with Crippen LogP contribution in [0.2, 0.25) is 0 Å². The number of fused-ring (bicyclic) bond motifs is 5. The number of aryl methyl sites for hydroxylation is 1. The summed E-state index contributed by atoms with van der Waals surface area (Å²) >= 11 is 0. The SMILES string of the molecule is CNC.Cc1nc2cc(C3=CCC4C3(C)CC(C(F)(F)F)=C3C=C5CC(O)CCC5CC[C@@]34O)ccc2o1. The van der Waals surface area contributed by atoms with Gasteiger partial charge in [0, 0.05) is 23.8 Å². The molecule has 4 aliphatic carbocycles. The molecule has 0 amide bonds. The van der Waals surface area contributed by atoms with E-state index in [1.807, 2.05) is 45.3 Å². The second kappa shape index (κ2) is 9.65. The van der Waals surface area contributed by atoms with Crippen molar-refractivity contribution in [2.45, 2.75) is 76.7 Å². The Morgan fingerprint density at radius 1 is 1.16 bits per heavy atom. The van der Waals surface area contributed by atoms with Gasteiger partial charge in [-0.2, -0.15) is 13.2 Å². The van der Waals surface area contributed by atoms with Crippen LogP contribution in [-0.2, 0) is 0 Å². The molecule has 8 heteroatoms. The Labute approximate surface area is 221 Å². The van der Waals surface area contributed by atoms with Crippen LogP contribution in [-0.4, -0.2) is 47.2 Å². The number of aromatic nitrogens is 1. The largest absolute Gasteiger partial charge is 0.441 e. The van der Waals surface area contributed by atoms with E-state index in [0.717, 1.165) is 23.1 Å². The normalized spacial score (nSPS) is 32.9. The van der Waals surface area contributed by atoms with Gasteiger partial charge in [-0.15, -0.1) is 0 Å². The summed E-state index contributed by atoms with van der Waals surface area (Å²) in [6, 6.07) is 5.58. The summed E-state index contributed by atoms with van der Waals surface area (Å²) in [4.78, 5) is 4.40. The Bertz CT molecular complexity index is 1320. The van der Waals surface area contributed by atoms with Crippen LogP contribution in [0.4, 0.5) is 13.2 Å². The molecule has 1 aromatic heterocycles. The monoisotopic (exact) mass is 530 g/mol. The number of aliphatic hydroxyl groups excluding tert-OH is 1. The first-order valence-electron chi connectivity index (χ1n) is 13.5. The maximum absolute atomic E-state index is 14.6. The number of aliphatic hydroxyl groups is 2. The zero-order valence-corrected chi connectivity index (χ0v) is 22.5. The first-order valence-corrected chi connectivity index (χ1v) is 13.5. The lowest BCUT2D eigenvalue weighted by molar-refractivity contribution is -0.113. The Morgan fingerprint density at radius 3 is 2.61 bits per heavy atom. The highest BCUT2D eigenvalue weighted by Gasteiger charge is 2.60. The van der Waals surface area contributed by atoms with Crippen LogP contribution in [0.5, 0.6) is 0 Å². The van der Waals surface area contributed by atoms with Gasteiger partial charge in [-0.3, -0.25) is 0 Å². The Kier molecular flexibility index (Phi) is 6.89. The molecule has 6 rings (SSSR count). The molecule has 206 valence electrons. The van der Waals surface area contributed by atoms with Crippen molar-refractivity contribution in [2.75, 3.05) is 14.1 Å². The molecule has 3 N–H and O–H groups in total. The van der Waals surface area contributed by atoms with Gasteiger partial charge in [-0.05, 0) is 93.8 Å². The van der Waals surface area contributed by atoms with Gasteiger partial charge in [0.15, 0.2) is 11.5 Å². The van der Waals surface area contributed by atoms with Crippen molar-refractivity contribution < 1.29 is 27.8 Å². The van der Waals surface area contributed by atoms with E-state index in [4.69, 9.17) is 4.42 Å². The first-order chi connectivity index (χ1) is 17.9. The maximum atomic E-state index is 14.6. The molecule has 0 saturated heterocycles. The highest BCUT2D eigenvalue weighted by Crippen LogP contribution is 2.64. The molecule has 0 radical (unpaired) electrons. The van der Waals surface area contributed by atoms with Crippen molar-refractivity contribution in [1.82, 2.24) is 10.3 Å². The summed E-state index contributed by atoms with van der Waals surface area (Å²) in [6.45, 7) is 3.64. The number of hydrogen-bond donors (Lipinski definition) is 3. The van der Waals surface area contributed by atoms with Gasteiger partial charge >= 0.3 is 6.18 Å². The van der Waals surface area contributed by atoms with E-state index in [1.54, 1.807) is 13.0 Å². The van der Waals surface area contributed by atoms with Crippen LogP contribution in [0.25, 0.3) is 16.7 Å². The molecule has 5 nitrogen and oxygen atoms in total. The lowest BCUT2D eigenvalue weighted by Crippen LogP contribution is -2.51. The van der Waals surface area contributed by atoms with Gasteiger partial charge in [0.1, 0.15) is 5.52 Å². The predicted octanol–water partition coefficient (Wildman–Crippen LogP) is 6.26. The fraction of sp³-hybridized carbons (Fsp3) is 0.567. The quantitative estimate of drug-likeness (QED) is 0.406. The number of oxazole rings is 1. The standard InChI is InChI=1S/C28H30F3NO3.C2H7N/c1-15-32-23-13-17(4-7-24(23)35-15)20-6-8-25-26(20,2)14-22(28(29,30)31)21-12-18-11-19(33)5-3-16(18)9-10-27(21,25)34;1-3-2/h4,6-7,12-13,16,19,25,33-34H,3,5,8-11,14H2,1-2H3;3H,1-2H3/t16?,19?,25?,26?,27-;/m1./s1. The van der Waals surface area contributed by atoms with E-state index >= 15 is 0 Å². The summed E-state index contributed by atoms with van der Waals surface area (Å²) < 4.78 is 49.4. The molecule has 0 bridgehead atoms. The summed E-state index contributed by atoms with van der Waals surface area (Å²) in [6.07, 6.45) is 1.61. The minimum atomic E-state index is -4.55. The summed E-state index contributed by atoms with van der Waals surface area (Å²) in [5, 5.41) is 25.1. The average Bonchev–Trinajstić information content (AvgIpc) is 3.34. The van der Waals surface area contributed by atoms with Crippen LogP contribution < -0.4 is 5.32 Å². The van der Waals surface area contributed by atoms with Gasteiger partial charge in [-0.1, -0.05) is 30.7 Å². The van der Waals surface area contributed by atoms with Crippen molar-refractivity contribution in [1.29, 1.82) is 0 Å². The molecule has 1 fully saturated rings. The molecule has 1 saturated carbocycles. The zero-order chi connectivity index (χ0) is 27.5. The van der Waals surface area contributed by atoms with E-state index in [2.05, 4.69) is 10.3 Å². The summed E-state index contributed by atoms with van der Waals surface area (Å²) in [5.74, 6) is 0.300. The summed E-state index contributed by atoms with van der Waals surface area (Å²) in [5.41, 5.74) is 0.816. The number of nitrogens with one attached hydrogen (secondary N) is 1. The van der Waals surface area contributed by atoms with Crippen molar-refractivity contribution in [2.24, 2.45) is 17.3 Å². The molecule has 38 heavy (non-hydrogen) atoms. The molecule has 4 unspecified atom stereocenters. The average molecular weight is 531 g/mol. The molecule has 0 aliphatic heterocycles. The van der Waals surface area contributed by atoms with E-state index in [1.165, 1.54) is 0 Å². The highest BCUT2D eigenvalue weighted by atomic mass is 19.4. The topological polar surface area (TPSA) is 78.5 Å². The minimum Gasteiger partial charge on any atom is -0.441 e. The maximum Gasteiger partial charge on any atom is 0.413 e. The molecule has 1 heterocycles.